The van der Waals surface area contributed by atoms with Crippen LogP contribution in [0, 0.1) is 6.92 Å². The van der Waals surface area contributed by atoms with Crippen molar-refractivity contribution in [1.29, 1.82) is 0 Å². The van der Waals surface area contributed by atoms with Crippen molar-refractivity contribution in [2.45, 2.75) is 46.1 Å². The van der Waals surface area contributed by atoms with Gasteiger partial charge in [0.05, 0.1) is 0 Å². The van der Waals surface area contributed by atoms with Gasteiger partial charge in [-0.2, -0.15) is 0 Å². The average molecular weight is 304 g/mol. The molecule has 2 atom stereocenters. The van der Waals surface area contributed by atoms with Gasteiger partial charge in [-0.25, -0.2) is 9.97 Å². The van der Waals surface area contributed by atoms with Gasteiger partial charge < -0.3 is 5.32 Å². The summed E-state index contributed by atoms with van der Waals surface area (Å²) in [5.41, 5.74) is 0.857. The van der Waals surface area contributed by atoms with Crippen molar-refractivity contribution in [3.05, 3.63) is 16.5 Å². The maximum absolute atomic E-state index is 11.1. The summed E-state index contributed by atoms with van der Waals surface area (Å²) in [7, 11) is -0.764. The summed E-state index contributed by atoms with van der Waals surface area (Å²) in [6.07, 6.45) is 2.55. The van der Waals surface area contributed by atoms with Crippen LogP contribution in [0.4, 0.5) is 5.82 Å². The molecular formula is C13H22ClN3OS. The fourth-order valence-electron chi connectivity index (χ4n) is 1.55. The van der Waals surface area contributed by atoms with Crippen LogP contribution in [0.25, 0.3) is 0 Å². The van der Waals surface area contributed by atoms with E-state index in [0.717, 1.165) is 23.6 Å². The van der Waals surface area contributed by atoms with Gasteiger partial charge >= 0.3 is 0 Å². The molecule has 1 rings (SSSR count). The lowest BCUT2D eigenvalue weighted by molar-refractivity contribution is 0.677. The molecule has 0 saturated carbocycles. The van der Waals surface area contributed by atoms with E-state index < -0.39 is 10.8 Å². The molecule has 19 heavy (non-hydrogen) atoms. The summed E-state index contributed by atoms with van der Waals surface area (Å²) in [5, 5.41) is 3.82. The molecule has 108 valence electrons. The highest BCUT2D eigenvalue weighted by Gasteiger charge is 2.13. The molecule has 0 amide bonds. The quantitative estimate of drug-likeness (QED) is 0.820. The van der Waals surface area contributed by atoms with Gasteiger partial charge in [-0.1, -0.05) is 25.4 Å². The third-order valence-corrected chi connectivity index (χ3v) is 4.02. The van der Waals surface area contributed by atoms with Crippen LogP contribution >= 0.6 is 11.6 Å². The number of hydrogen-bond donors (Lipinski definition) is 1. The van der Waals surface area contributed by atoms with Crippen LogP contribution in [0.15, 0.2) is 0 Å². The van der Waals surface area contributed by atoms with Crippen LogP contribution < -0.4 is 5.32 Å². The molecular weight excluding hydrogens is 282 g/mol. The van der Waals surface area contributed by atoms with Gasteiger partial charge in [0, 0.05) is 40.3 Å². The predicted octanol–water partition coefficient (Wildman–Crippen LogP) is 3.13. The number of rotatable bonds is 6. The summed E-state index contributed by atoms with van der Waals surface area (Å²) in [6, 6.07) is 0.202. The molecule has 0 bridgehead atoms. The van der Waals surface area contributed by atoms with E-state index in [4.69, 9.17) is 11.6 Å². The third kappa shape index (κ3) is 5.07. The molecule has 2 unspecified atom stereocenters. The zero-order chi connectivity index (χ0) is 14.6. The number of anilines is 1. The predicted molar refractivity (Wildman–Crippen MR) is 82.5 cm³/mol. The fraction of sp³-hybridized carbons (Fsp3) is 0.692. The molecule has 6 heteroatoms. The molecule has 1 aromatic rings. The summed E-state index contributed by atoms with van der Waals surface area (Å²) in [4.78, 5) is 8.80. The van der Waals surface area contributed by atoms with E-state index in [2.05, 4.69) is 22.2 Å². The average Bonchev–Trinajstić information content (AvgIpc) is 2.31. The lowest BCUT2D eigenvalue weighted by Gasteiger charge is -2.17. The maximum atomic E-state index is 11.1. The van der Waals surface area contributed by atoms with Crippen LogP contribution in [0.2, 0.25) is 5.15 Å². The zero-order valence-electron chi connectivity index (χ0n) is 12.2. The first-order valence-corrected chi connectivity index (χ1v) is 8.52. The summed E-state index contributed by atoms with van der Waals surface area (Å²) in [5.74, 6) is 2.43. The number of hydrogen-bond acceptors (Lipinski definition) is 4. The van der Waals surface area contributed by atoms with E-state index in [9.17, 15) is 4.21 Å². The topological polar surface area (TPSA) is 54.9 Å². The molecule has 1 heterocycles. The van der Waals surface area contributed by atoms with Crippen LogP contribution in [0.5, 0.6) is 0 Å². The lowest BCUT2D eigenvalue weighted by atomic mass is 10.2. The molecule has 0 radical (unpaired) electrons. The van der Waals surface area contributed by atoms with Crippen molar-refractivity contribution in [3.63, 3.8) is 0 Å². The molecule has 0 aliphatic heterocycles. The Kier molecular flexibility index (Phi) is 6.20. The minimum Gasteiger partial charge on any atom is -0.367 e. The summed E-state index contributed by atoms with van der Waals surface area (Å²) >= 11 is 6.13. The SMILES string of the molecule is Cc1c(Cl)nc(C(C)C)nc1NC(C)CCS(C)=O. The molecule has 0 spiro atoms. The second-order valence-corrected chi connectivity index (χ2v) is 7.02. The normalized spacial score (nSPS) is 14.5. The van der Waals surface area contributed by atoms with E-state index >= 15 is 0 Å². The smallest absolute Gasteiger partial charge is 0.137 e. The Balaban J connectivity index is 2.84. The zero-order valence-corrected chi connectivity index (χ0v) is 13.7. The first-order chi connectivity index (χ1) is 8.81. The van der Waals surface area contributed by atoms with Gasteiger partial charge in [0.15, 0.2) is 0 Å². The van der Waals surface area contributed by atoms with Gasteiger partial charge in [0.2, 0.25) is 0 Å². The van der Waals surface area contributed by atoms with E-state index in [-0.39, 0.29) is 12.0 Å². The largest absolute Gasteiger partial charge is 0.367 e. The van der Waals surface area contributed by atoms with Crippen LogP contribution in [0.1, 0.15) is 44.5 Å². The van der Waals surface area contributed by atoms with Crippen molar-refractivity contribution in [2.75, 3.05) is 17.3 Å². The Labute approximate surface area is 122 Å². The molecule has 0 aromatic carbocycles. The third-order valence-electron chi connectivity index (χ3n) is 2.84. The van der Waals surface area contributed by atoms with Crippen molar-refractivity contribution >= 4 is 28.2 Å². The number of nitrogens with zero attached hydrogens (tertiary/aromatic N) is 2. The molecule has 0 fully saturated rings. The first-order valence-electron chi connectivity index (χ1n) is 6.41. The molecule has 0 aliphatic carbocycles. The lowest BCUT2D eigenvalue weighted by Crippen LogP contribution is -2.20. The monoisotopic (exact) mass is 303 g/mol. The Morgan fingerprint density at radius 3 is 2.47 bits per heavy atom. The highest BCUT2D eigenvalue weighted by molar-refractivity contribution is 7.84. The van der Waals surface area contributed by atoms with Crippen molar-refractivity contribution < 1.29 is 4.21 Å². The van der Waals surface area contributed by atoms with E-state index in [1.807, 2.05) is 20.8 Å². The van der Waals surface area contributed by atoms with Crippen LogP contribution in [-0.2, 0) is 10.8 Å². The summed E-state index contributed by atoms with van der Waals surface area (Å²) in [6.45, 7) is 8.03. The Morgan fingerprint density at radius 1 is 1.32 bits per heavy atom. The standard InChI is InChI=1S/C13H22ClN3OS/c1-8(2)12-16-11(14)10(4)13(17-12)15-9(3)6-7-19(5)18/h8-9H,6-7H2,1-5H3,(H,15,16,17). The van der Waals surface area contributed by atoms with Crippen LogP contribution in [-0.4, -0.2) is 32.2 Å². The van der Waals surface area contributed by atoms with Gasteiger partial charge in [0.25, 0.3) is 0 Å². The molecule has 4 nitrogen and oxygen atoms in total. The molecule has 1 aromatic heterocycles. The van der Waals surface area contributed by atoms with Crippen molar-refractivity contribution in [2.24, 2.45) is 0 Å². The number of halogens is 1. The fourth-order valence-corrected chi connectivity index (χ4v) is 2.41. The highest BCUT2D eigenvalue weighted by Crippen LogP contribution is 2.23. The van der Waals surface area contributed by atoms with Gasteiger partial charge in [-0.3, -0.25) is 4.21 Å². The van der Waals surface area contributed by atoms with Crippen LogP contribution in [0.3, 0.4) is 0 Å². The summed E-state index contributed by atoms with van der Waals surface area (Å²) < 4.78 is 11.1. The minimum atomic E-state index is -0.764. The van der Waals surface area contributed by atoms with E-state index in [1.165, 1.54) is 0 Å². The van der Waals surface area contributed by atoms with Crippen molar-refractivity contribution in [3.8, 4) is 0 Å². The highest BCUT2D eigenvalue weighted by atomic mass is 35.5. The van der Waals surface area contributed by atoms with Gasteiger partial charge in [0.1, 0.15) is 16.8 Å². The van der Waals surface area contributed by atoms with Crippen molar-refractivity contribution in [1.82, 2.24) is 9.97 Å². The number of aromatic nitrogens is 2. The second-order valence-electron chi connectivity index (χ2n) is 5.11. The Morgan fingerprint density at radius 2 is 1.95 bits per heavy atom. The molecule has 0 aliphatic rings. The minimum absolute atomic E-state index is 0.202. The van der Waals surface area contributed by atoms with Gasteiger partial charge in [-0.05, 0) is 20.3 Å². The van der Waals surface area contributed by atoms with Gasteiger partial charge in [-0.15, -0.1) is 0 Å². The molecule has 0 saturated heterocycles. The van der Waals surface area contributed by atoms with E-state index in [0.29, 0.717) is 10.9 Å². The second kappa shape index (κ2) is 7.20. The maximum Gasteiger partial charge on any atom is 0.137 e. The Hall–Kier alpha value is -0.680. The molecule has 1 N–H and O–H groups in total. The number of nitrogens with one attached hydrogen (secondary N) is 1. The van der Waals surface area contributed by atoms with E-state index in [1.54, 1.807) is 6.26 Å². The first kappa shape index (κ1) is 16.4. The Bertz CT molecular complexity index is 465.